The van der Waals surface area contributed by atoms with Crippen molar-refractivity contribution in [2.24, 2.45) is 22.7 Å². The largest absolute Gasteiger partial charge is 0.481 e. The van der Waals surface area contributed by atoms with Gasteiger partial charge in [-0.3, -0.25) is 4.79 Å². The molecule has 88 valence electrons. The summed E-state index contributed by atoms with van der Waals surface area (Å²) in [5, 5.41) is 9.44. The predicted octanol–water partition coefficient (Wildman–Crippen LogP) is 3.23. The number of fused-ring (bicyclic) bond motifs is 2. The van der Waals surface area contributed by atoms with Gasteiger partial charge in [0.15, 0.2) is 0 Å². The lowest BCUT2D eigenvalue weighted by Crippen LogP contribution is -2.42. The zero-order valence-electron chi connectivity index (χ0n) is 9.91. The van der Waals surface area contributed by atoms with Gasteiger partial charge in [-0.05, 0) is 37.0 Å². The maximum Gasteiger partial charge on any atom is 0.307 e. The van der Waals surface area contributed by atoms with Crippen molar-refractivity contribution >= 4 is 5.97 Å². The normalized spacial score (nSPS) is 44.1. The van der Waals surface area contributed by atoms with Crippen LogP contribution in [-0.4, -0.2) is 11.1 Å². The quantitative estimate of drug-likeness (QED) is 0.725. The molecule has 0 aromatic carbocycles. The Bertz CT molecular complexity index is 352. The van der Waals surface area contributed by atoms with Crippen LogP contribution in [0.15, 0.2) is 12.2 Å². The van der Waals surface area contributed by atoms with Gasteiger partial charge in [0.05, 0.1) is 5.92 Å². The molecule has 0 saturated heterocycles. The molecule has 0 aliphatic heterocycles. The lowest BCUT2D eigenvalue weighted by molar-refractivity contribution is -0.147. The highest BCUT2D eigenvalue weighted by molar-refractivity contribution is 5.73. The van der Waals surface area contributed by atoms with Crippen molar-refractivity contribution in [1.82, 2.24) is 0 Å². The summed E-state index contributed by atoms with van der Waals surface area (Å²) in [6, 6.07) is 0. The van der Waals surface area contributed by atoms with Crippen molar-refractivity contribution in [1.29, 1.82) is 0 Å². The summed E-state index contributed by atoms with van der Waals surface area (Å²) >= 11 is 0. The highest BCUT2D eigenvalue weighted by atomic mass is 16.4. The molecule has 2 nitrogen and oxygen atoms in total. The van der Waals surface area contributed by atoms with Crippen molar-refractivity contribution in [2.75, 3.05) is 0 Å². The number of carboxylic acid groups (broad SMARTS) is 1. The lowest BCUT2D eigenvalue weighted by Gasteiger charge is -2.44. The number of aliphatic carboxylic acids is 1. The van der Waals surface area contributed by atoms with Crippen molar-refractivity contribution in [2.45, 2.75) is 45.4 Å². The Labute approximate surface area is 96.7 Å². The Kier molecular flexibility index (Phi) is 2.02. The molecule has 0 radical (unpaired) electrons. The van der Waals surface area contributed by atoms with Crippen LogP contribution in [0.25, 0.3) is 0 Å². The van der Waals surface area contributed by atoms with E-state index >= 15 is 0 Å². The molecule has 0 aromatic rings. The van der Waals surface area contributed by atoms with Gasteiger partial charge in [0.1, 0.15) is 0 Å². The Morgan fingerprint density at radius 3 is 2.62 bits per heavy atom. The molecular formula is C14H20O2. The van der Waals surface area contributed by atoms with E-state index in [2.05, 4.69) is 19.1 Å². The van der Waals surface area contributed by atoms with E-state index in [1.165, 1.54) is 25.7 Å². The number of carboxylic acids is 1. The second-order valence-electron chi connectivity index (χ2n) is 6.26. The van der Waals surface area contributed by atoms with Crippen LogP contribution in [0.2, 0.25) is 0 Å². The highest BCUT2D eigenvalue weighted by Crippen LogP contribution is 2.66. The van der Waals surface area contributed by atoms with Gasteiger partial charge < -0.3 is 5.11 Å². The molecule has 0 spiro atoms. The second kappa shape index (κ2) is 3.12. The van der Waals surface area contributed by atoms with E-state index in [4.69, 9.17) is 0 Å². The zero-order valence-corrected chi connectivity index (χ0v) is 9.91. The Balaban J connectivity index is 2.01. The fraction of sp³-hybridized carbons (Fsp3) is 0.786. The third-order valence-electron chi connectivity index (χ3n) is 5.55. The van der Waals surface area contributed by atoms with Crippen LogP contribution in [0, 0.1) is 22.7 Å². The Morgan fingerprint density at radius 2 is 2.06 bits per heavy atom. The number of allylic oxidation sites excluding steroid dienone is 2. The molecule has 1 N–H and O–H groups in total. The number of hydrogen-bond acceptors (Lipinski definition) is 1. The molecular weight excluding hydrogens is 200 g/mol. The molecule has 0 amide bonds. The molecule has 3 rings (SSSR count). The summed E-state index contributed by atoms with van der Waals surface area (Å²) in [5.74, 6) is -0.149. The molecule has 3 unspecified atom stereocenters. The smallest absolute Gasteiger partial charge is 0.307 e. The molecule has 2 heteroatoms. The number of carbonyl (C=O) groups is 1. The first-order chi connectivity index (χ1) is 7.57. The highest BCUT2D eigenvalue weighted by Gasteiger charge is 2.61. The van der Waals surface area contributed by atoms with Crippen molar-refractivity contribution < 1.29 is 9.90 Å². The van der Waals surface area contributed by atoms with E-state index in [0.717, 1.165) is 12.8 Å². The minimum Gasteiger partial charge on any atom is -0.481 e. The van der Waals surface area contributed by atoms with Crippen molar-refractivity contribution in [3.63, 3.8) is 0 Å². The summed E-state index contributed by atoms with van der Waals surface area (Å²) in [7, 11) is 0. The summed E-state index contributed by atoms with van der Waals surface area (Å²) in [6.07, 6.45) is 11.5. The third-order valence-corrected chi connectivity index (χ3v) is 5.55. The number of rotatable bonds is 2. The minimum absolute atomic E-state index is 0.0139. The Hall–Kier alpha value is -0.790. The van der Waals surface area contributed by atoms with Gasteiger partial charge in [-0.1, -0.05) is 31.9 Å². The molecule has 3 atom stereocenters. The van der Waals surface area contributed by atoms with Crippen LogP contribution >= 0.6 is 0 Å². The first-order valence-corrected chi connectivity index (χ1v) is 6.50. The summed E-state index contributed by atoms with van der Waals surface area (Å²) in [6.45, 7) is 2.33. The van der Waals surface area contributed by atoms with E-state index in [1.54, 1.807) is 0 Å². The van der Waals surface area contributed by atoms with Gasteiger partial charge in [-0.15, -0.1) is 0 Å². The molecule has 0 aromatic heterocycles. The van der Waals surface area contributed by atoms with E-state index in [9.17, 15) is 9.90 Å². The topological polar surface area (TPSA) is 37.3 Å². The summed E-state index contributed by atoms with van der Waals surface area (Å²) in [4.78, 5) is 11.5. The minimum atomic E-state index is -0.569. The van der Waals surface area contributed by atoms with Gasteiger partial charge in [-0.25, -0.2) is 0 Å². The fourth-order valence-corrected chi connectivity index (χ4v) is 4.62. The average molecular weight is 220 g/mol. The van der Waals surface area contributed by atoms with E-state index in [1.807, 2.05) is 0 Å². The van der Waals surface area contributed by atoms with Crippen LogP contribution in [-0.2, 0) is 4.79 Å². The average Bonchev–Trinajstić information content (AvgIpc) is 2.90. The molecule has 2 saturated carbocycles. The van der Waals surface area contributed by atoms with Crippen LogP contribution < -0.4 is 0 Å². The van der Waals surface area contributed by atoms with E-state index < -0.39 is 5.97 Å². The Morgan fingerprint density at radius 1 is 1.38 bits per heavy atom. The van der Waals surface area contributed by atoms with Gasteiger partial charge in [-0.2, -0.15) is 0 Å². The van der Waals surface area contributed by atoms with Crippen LogP contribution in [0.3, 0.4) is 0 Å². The van der Waals surface area contributed by atoms with Crippen LogP contribution in [0.4, 0.5) is 0 Å². The SMILES string of the molecule is CC1(C23C=CC(CC2C(=O)O)C3)CCCC1. The molecule has 3 aliphatic rings. The van der Waals surface area contributed by atoms with Crippen molar-refractivity contribution in [3.05, 3.63) is 12.2 Å². The summed E-state index contributed by atoms with van der Waals surface area (Å²) in [5.41, 5.74) is 0.234. The standard InChI is InChI=1S/C14H20O2/c1-13(5-2-3-6-13)14-7-4-10(9-14)8-11(14)12(15)16/h4,7,10-11H,2-3,5-6,8-9H2,1H3,(H,15,16). The molecule has 2 fully saturated rings. The number of hydrogen-bond donors (Lipinski definition) is 1. The second-order valence-corrected chi connectivity index (χ2v) is 6.26. The van der Waals surface area contributed by atoms with Gasteiger partial charge >= 0.3 is 5.97 Å². The first kappa shape index (κ1) is 10.4. The fourth-order valence-electron chi connectivity index (χ4n) is 4.62. The monoisotopic (exact) mass is 220 g/mol. The summed E-state index contributed by atoms with van der Waals surface area (Å²) < 4.78 is 0. The molecule has 0 heterocycles. The van der Waals surface area contributed by atoms with Gasteiger partial charge in [0.2, 0.25) is 0 Å². The third kappa shape index (κ3) is 1.11. The lowest BCUT2D eigenvalue weighted by atomic mass is 9.58. The predicted molar refractivity (Wildman–Crippen MR) is 62.0 cm³/mol. The van der Waals surface area contributed by atoms with Crippen molar-refractivity contribution in [3.8, 4) is 0 Å². The van der Waals surface area contributed by atoms with E-state index in [0.29, 0.717) is 5.92 Å². The van der Waals surface area contributed by atoms with Gasteiger partial charge in [0, 0.05) is 5.41 Å². The van der Waals surface area contributed by atoms with Crippen LogP contribution in [0.5, 0.6) is 0 Å². The maximum atomic E-state index is 11.5. The molecule has 2 bridgehead atoms. The van der Waals surface area contributed by atoms with Crippen LogP contribution in [0.1, 0.15) is 45.4 Å². The molecule has 16 heavy (non-hydrogen) atoms. The van der Waals surface area contributed by atoms with Gasteiger partial charge in [0.25, 0.3) is 0 Å². The molecule has 3 aliphatic carbocycles. The van der Waals surface area contributed by atoms with E-state index in [-0.39, 0.29) is 16.7 Å². The maximum absolute atomic E-state index is 11.5. The first-order valence-electron chi connectivity index (χ1n) is 6.50. The zero-order chi connectivity index (χ0) is 11.4.